The van der Waals surface area contributed by atoms with Gasteiger partial charge in [-0.05, 0) is 49.9 Å². The summed E-state index contributed by atoms with van der Waals surface area (Å²) in [5.74, 6) is -1.20. The number of Topliss-reactive ketones (excluding diaryl/α,β-unsaturated/α-hetero) is 1. The van der Waals surface area contributed by atoms with Crippen molar-refractivity contribution in [3.63, 3.8) is 0 Å². The molecule has 1 aliphatic rings. The van der Waals surface area contributed by atoms with Crippen molar-refractivity contribution >= 4 is 11.8 Å². The van der Waals surface area contributed by atoms with Gasteiger partial charge in [-0.1, -0.05) is 30.3 Å². The molecule has 0 amide bonds. The van der Waals surface area contributed by atoms with Crippen molar-refractivity contribution in [2.75, 3.05) is 6.61 Å². The molecule has 5 nitrogen and oxygen atoms in total. The standard InChI is InChI=1S/C22H19FN2O3/c23-16-10-12-17(13-11-16)25-19-9-5-4-8-18(19)21(24-25)22(27)28-14-20(26)15-6-2-1-3-7-15/h1-3,6-7,10-13H,4-5,8-9,14H2. The van der Waals surface area contributed by atoms with E-state index in [1.807, 2.05) is 6.07 Å². The predicted octanol–water partition coefficient (Wildman–Crippen LogP) is 3.93. The summed E-state index contributed by atoms with van der Waals surface area (Å²) in [4.78, 5) is 24.8. The number of carbonyl (C=O) groups excluding carboxylic acids is 2. The highest BCUT2D eigenvalue weighted by Gasteiger charge is 2.27. The van der Waals surface area contributed by atoms with Crippen molar-refractivity contribution < 1.29 is 18.7 Å². The molecule has 0 saturated heterocycles. The number of ketones is 1. The second-order valence-electron chi connectivity index (χ2n) is 6.73. The van der Waals surface area contributed by atoms with Crippen LogP contribution in [-0.4, -0.2) is 28.1 Å². The molecule has 6 heteroatoms. The maximum absolute atomic E-state index is 13.3. The van der Waals surface area contributed by atoms with E-state index in [2.05, 4.69) is 5.10 Å². The minimum Gasteiger partial charge on any atom is -0.453 e. The van der Waals surface area contributed by atoms with Gasteiger partial charge >= 0.3 is 5.97 Å². The number of rotatable bonds is 5. The Kier molecular flexibility index (Phi) is 5.02. The van der Waals surface area contributed by atoms with Crippen LogP contribution in [0.4, 0.5) is 4.39 Å². The summed E-state index contributed by atoms with van der Waals surface area (Å²) < 4.78 is 20.2. The Bertz CT molecular complexity index is 1010. The fraction of sp³-hybridized carbons (Fsp3) is 0.227. The molecule has 0 aliphatic heterocycles. The van der Waals surface area contributed by atoms with Crippen LogP contribution in [0.3, 0.4) is 0 Å². The van der Waals surface area contributed by atoms with Gasteiger partial charge in [0.1, 0.15) is 5.82 Å². The molecular weight excluding hydrogens is 359 g/mol. The van der Waals surface area contributed by atoms with Crippen molar-refractivity contribution in [2.45, 2.75) is 25.7 Å². The Hall–Kier alpha value is -3.28. The van der Waals surface area contributed by atoms with Crippen molar-refractivity contribution in [1.82, 2.24) is 9.78 Å². The first-order chi connectivity index (χ1) is 13.6. The summed E-state index contributed by atoms with van der Waals surface area (Å²) in [6.07, 6.45) is 3.48. The van der Waals surface area contributed by atoms with Gasteiger partial charge in [-0.2, -0.15) is 5.10 Å². The largest absolute Gasteiger partial charge is 0.453 e. The number of esters is 1. The van der Waals surface area contributed by atoms with E-state index in [-0.39, 0.29) is 23.9 Å². The average molecular weight is 378 g/mol. The molecule has 0 unspecified atom stereocenters. The van der Waals surface area contributed by atoms with Gasteiger partial charge in [0, 0.05) is 16.8 Å². The van der Waals surface area contributed by atoms with Crippen LogP contribution in [0.2, 0.25) is 0 Å². The number of halogens is 1. The molecule has 0 atom stereocenters. The zero-order valence-electron chi connectivity index (χ0n) is 15.2. The van der Waals surface area contributed by atoms with E-state index >= 15 is 0 Å². The van der Waals surface area contributed by atoms with E-state index in [1.165, 1.54) is 12.1 Å². The molecule has 28 heavy (non-hydrogen) atoms. The molecule has 4 rings (SSSR count). The first kappa shape index (κ1) is 18.1. The van der Waals surface area contributed by atoms with E-state index in [1.54, 1.807) is 41.1 Å². The van der Waals surface area contributed by atoms with Crippen molar-refractivity contribution in [3.05, 3.63) is 82.9 Å². The van der Waals surface area contributed by atoms with Gasteiger partial charge in [-0.15, -0.1) is 0 Å². The minimum atomic E-state index is -0.608. The molecule has 0 N–H and O–H groups in total. The van der Waals surface area contributed by atoms with Gasteiger partial charge in [0.25, 0.3) is 0 Å². The molecule has 0 bridgehead atoms. The topological polar surface area (TPSA) is 61.2 Å². The molecule has 1 aromatic heterocycles. The van der Waals surface area contributed by atoms with Crippen molar-refractivity contribution in [3.8, 4) is 5.69 Å². The summed E-state index contributed by atoms with van der Waals surface area (Å²) >= 11 is 0. The monoisotopic (exact) mass is 378 g/mol. The summed E-state index contributed by atoms with van der Waals surface area (Å²) in [6.45, 7) is -0.332. The van der Waals surface area contributed by atoms with Crippen LogP contribution in [0.25, 0.3) is 5.69 Å². The number of carbonyl (C=O) groups is 2. The van der Waals surface area contributed by atoms with Crippen LogP contribution in [-0.2, 0) is 17.6 Å². The summed E-state index contributed by atoms with van der Waals surface area (Å²) in [5.41, 5.74) is 3.22. The minimum absolute atomic E-state index is 0.236. The Morgan fingerprint density at radius 1 is 1.00 bits per heavy atom. The average Bonchev–Trinajstić information content (AvgIpc) is 3.13. The molecule has 2 aromatic carbocycles. The Balaban J connectivity index is 1.58. The highest BCUT2D eigenvalue weighted by atomic mass is 19.1. The van der Waals surface area contributed by atoms with Crippen LogP contribution in [0.1, 0.15) is 44.9 Å². The maximum atomic E-state index is 13.3. The van der Waals surface area contributed by atoms with Crippen LogP contribution in [0.15, 0.2) is 54.6 Å². The second kappa shape index (κ2) is 7.76. The number of hydrogen-bond acceptors (Lipinski definition) is 4. The van der Waals surface area contributed by atoms with E-state index < -0.39 is 5.97 Å². The Morgan fingerprint density at radius 2 is 1.71 bits per heavy atom. The molecule has 0 fully saturated rings. The summed E-state index contributed by atoms with van der Waals surface area (Å²) in [5, 5.41) is 4.45. The lowest BCUT2D eigenvalue weighted by Gasteiger charge is -2.14. The molecule has 1 aliphatic carbocycles. The zero-order chi connectivity index (χ0) is 19.5. The number of nitrogens with zero attached hydrogens (tertiary/aromatic N) is 2. The first-order valence-electron chi connectivity index (χ1n) is 9.25. The zero-order valence-corrected chi connectivity index (χ0v) is 15.2. The molecule has 1 heterocycles. The third kappa shape index (κ3) is 3.58. The highest BCUT2D eigenvalue weighted by Crippen LogP contribution is 2.27. The maximum Gasteiger partial charge on any atom is 0.359 e. The van der Waals surface area contributed by atoms with Crippen LogP contribution < -0.4 is 0 Å². The number of hydrogen-bond donors (Lipinski definition) is 0. The predicted molar refractivity (Wildman–Crippen MR) is 101 cm³/mol. The molecule has 0 spiro atoms. The number of benzene rings is 2. The van der Waals surface area contributed by atoms with Crippen molar-refractivity contribution in [1.29, 1.82) is 0 Å². The van der Waals surface area contributed by atoms with Gasteiger partial charge < -0.3 is 4.74 Å². The van der Waals surface area contributed by atoms with Gasteiger partial charge in [0.2, 0.25) is 0 Å². The third-order valence-electron chi connectivity index (χ3n) is 4.87. The molecule has 142 valence electrons. The smallest absolute Gasteiger partial charge is 0.359 e. The van der Waals surface area contributed by atoms with Gasteiger partial charge in [0.15, 0.2) is 18.1 Å². The fourth-order valence-electron chi connectivity index (χ4n) is 3.47. The molecule has 3 aromatic rings. The molecular formula is C22H19FN2O3. The quantitative estimate of drug-likeness (QED) is 0.499. The van der Waals surface area contributed by atoms with E-state index in [0.717, 1.165) is 36.9 Å². The van der Waals surface area contributed by atoms with Gasteiger partial charge in [-0.25, -0.2) is 13.9 Å². The number of aromatic nitrogens is 2. The van der Waals surface area contributed by atoms with Crippen LogP contribution in [0.5, 0.6) is 0 Å². The third-order valence-corrected chi connectivity index (χ3v) is 4.87. The summed E-state index contributed by atoms with van der Waals surface area (Å²) in [6, 6.07) is 14.7. The van der Waals surface area contributed by atoms with Gasteiger partial charge in [-0.3, -0.25) is 4.79 Å². The van der Waals surface area contributed by atoms with E-state index in [4.69, 9.17) is 4.74 Å². The van der Waals surface area contributed by atoms with Crippen LogP contribution in [0, 0.1) is 5.82 Å². The SMILES string of the molecule is O=C(COC(=O)c1nn(-c2ccc(F)cc2)c2c1CCCC2)c1ccccc1. The lowest BCUT2D eigenvalue weighted by molar-refractivity contribution is 0.0467. The molecule has 0 saturated carbocycles. The van der Waals surface area contributed by atoms with Gasteiger partial charge in [0.05, 0.1) is 5.69 Å². The number of ether oxygens (including phenoxy) is 1. The lowest BCUT2D eigenvalue weighted by Crippen LogP contribution is -2.16. The molecule has 0 radical (unpaired) electrons. The fourth-order valence-corrected chi connectivity index (χ4v) is 3.47. The Labute approximate surface area is 161 Å². The summed E-state index contributed by atoms with van der Waals surface area (Å²) in [7, 11) is 0. The van der Waals surface area contributed by atoms with Crippen LogP contribution >= 0.6 is 0 Å². The van der Waals surface area contributed by atoms with E-state index in [0.29, 0.717) is 11.3 Å². The first-order valence-corrected chi connectivity index (χ1v) is 9.25. The highest BCUT2D eigenvalue weighted by molar-refractivity contribution is 5.99. The lowest BCUT2D eigenvalue weighted by atomic mass is 9.95. The van der Waals surface area contributed by atoms with Crippen molar-refractivity contribution in [2.24, 2.45) is 0 Å². The normalized spacial score (nSPS) is 13.0. The number of fused-ring (bicyclic) bond motifs is 1. The Morgan fingerprint density at radius 3 is 2.46 bits per heavy atom. The van der Waals surface area contributed by atoms with E-state index in [9.17, 15) is 14.0 Å². The second-order valence-corrected chi connectivity index (χ2v) is 6.73.